The number of hydrogen-bond acceptors (Lipinski definition) is 3. The number of unbranched alkanes of at least 4 members (excludes halogenated alkanes) is 1. The Morgan fingerprint density at radius 2 is 1.85 bits per heavy atom. The minimum Gasteiger partial charge on any atom is -0.478 e. The molecule has 0 aromatic carbocycles. The lowest BCUT2D eigenvalue weighted by Crippen LogP contribution is -2.05. The van der Waals surface area contributed by atoms with Crippen LogP contribution in [-0.2, 0) is 9.59 Å². The minimum atomic E-state index is -1.23. The van der Waals surface area contributed by atoms with Crippen LogP contribution in [-0.4, -0.2) is 28.7 Å². The fourth-order valence-electron chi connectivity index (χ4n) is 0.850. The number of aliphatic carboxylic acids is 2. The van der Waals surface area contributed by atoms with E-state index >= 15 is 0 Å². The van der Waals surface area contributed by atoms with Gasteiger partial charge in [-0.1, -0.05) is 0 Å². The molecule has 0 fully saturated rings. The fraction of sp³-hybridized carbons (Fsp3) is 0.500. The molecule has 0 spiro atoms. The summed E-state index contributed by atoms with van der Waals surface area (Å²) in [7, 11) is 0. The highest BCUT2D eigenvalue weighted by Gasteiger charge is 2.08. The molecule has 0 rings (SSSR count). The Kier molecular flexibility index (Phi) is 5.54. The van der Waals surface area contributed by atoms with Crippen molar-refractivity contribution in [2.45, 2.75) is 19.3 Å². The molecule has 0 aliphatic rings. The zero-order valence-electron chi connectivity index (χ0n) is 7.19. The number of carboxylic acids is 2. The Bertz CT molecular complexity index is 222. The zero-order chi connectivity index (χ0) is 10.3. The normalized spacial score (nSPS) is 11.3. The molecule has 4 N–H and O–H groups in total. The average molecular weight is 187 g/mol. The molecule has 74 valence electrons. The van der Waals surface area contributed by atoms with E-state index in [1.165, 1.54) is 0 Å². The van der Waals surface area contributed by atoms with Crippen molar-refractivity contribution in [1.29, 1.82) is 0 Å². The van der Waals surface area contributed by atoms with E-state index in [-0.39, 0.29) is 12.0 Å². The number of hydrogen-bond donors (Lipinski definition) is 3. The number of carbonyl (C=O) groups is 2. The van der Waals surface area contributed by atoms with Gasteiger partial charge in [0.2, 0.25) is 0 Å². The lowest BCUT2D eigenvalue weighted by atomic mass is 10.1. The first-order valence-electron chi connectivity index (χ1n) is 3.94. The van der Waals surface area contributed by atoms with Gasteiger partial charge in [0, 0.05) is 11.6 Å². The largest absolute Gasteiger partial charge is 0.478 e. The standard InChI is InChI=1S/C8H13NO4/c9-4-2-1-3-6(8(12)13)5-7(10)11/h5H,1-4,9H2,(H,10,11)(H,12,13)/b6-5+. The van der Waals surface area contributed by atoms with Gasteiger partial charge in [-0.25, -0.2) is 9.59 Å². The van der Waals surface area contributed by atoms with Gasteiger partial charge in [-0.3, -0.25) is 0 Å². The summed E-state index contributed by atoms with van der Waals surface area (Å²) >= 11 is 0. The fourth-order valence-corrected chi connectivity index (χ4v) is 0.850. The maximum Gasteiger partial charge on any atom is 0.331 e. The Morgan fingerprint density at radius 1 is 1.23 bits per heavy atom. The zero-order valence-corrected chi connectivity index (χ0v) is 7.19. The topological polar surface area (TPSA) is 101 Å². The van der Waals surface area contributed by atoms with Crippen LogP contribution < -0.4 is 5.73 Å². The van der Waals surface area contributed by atoms with E-state index in [9.17, 15) is 9.59 Å². The summed E-state index contributed by atoms with van der Waals surface area (Å²) in [6.45, 7) is 0.486. The smallest absolute Gasteiger partial charge is 0.331 e. The van der Waals surface area contributed by atoms with Crippen molar-refractivity contribution in [2.24, 2.45) is 5.73 Å². The Morgan fingerprint density at radius 3 is 2.23 bits per heavy atom. The van der Waals surface area contributed by atoms with Gasteiger partial charge in [0.15, 0.2) is 0 Å². The highest BCUT2D eigenvalue weighted by atomic mass is 16.4. The first kappa shape index (κ1) is 11.6. The highest BCUT2D eigenvalue weighted by Crippen LogP contribution is 2.06. The third-order valence-corrected chi connectivity index (χ3v) is 1.47. The molecule has 0 unspecified atom stereocenters. The maximum absolute atomic E-state index is 10.5. The Hall–Kier alpha value is -1.36. The van der Waals surface area contributed by atoms with E-state index in [4.69, 9.17) is 15.9 Å². The van der Waals surface area contributed by atoms with Gasteiger partial charge >= 0.3 is 11.9 Å². The summed E-state index contributed by atoms with van der Waals surface area (Å²) in [6, 6.07) is 0. The van der Waals surface area contributed by atoms with Crippen molar-refractivity contribution in [3.05, 3.63) is 11.6 Å². The predicted octanol–water partition coefficient (Wildman–Crippen LogP) is 0.211. The van der Waals surface area contributed by atoms with Gasteiger partial charge in [-0.15, -0.1) is 0 Å². The van der Waals surface area contributed by atoms with Gasteiger partial charge < -0.3 is 15.9 Å². The van der Waals surface area contributed by atoms with Crippen LogP contribution in [0.5, 0.6) is 0 Å². The minimum absolute atomic E-state index is 0.0825. The van der Waals surface area contributed by atoms with E-state index < -0.39 is 11.9 Å². The molecule has 5 heteroatoms. The van der Waals surface area contributed by atoms with Gasteiger partial charge in [0.25, 0.3) is 0 Å². The summed E-state index contributed by atoms with van der Waals surface area (Å²) in [5.74, 6) is -2.41. The first-order valence-corrected chi connectivity index (χ1v) is 3.94. The van der Waals surface area contributed by atoms with E-state index in [0.29, 0.717) is 19.4 Å². The molecule has 0 amide bonds. The van der Waals surface area contributed by atoms with Crippen LogP contribution in [0.4, 0.5) is 0 Å². The van der Waals surface area contributed by atoms with Gasteiger partial charge in [0.05, 0.1) is 0 Å². The summed E-state index contributed by atoms with van der Waals surface area (Å²) in [6.07, 6.45) is 2.27. The van der Waals surface area contributed by atoms with E-state index in [1.54, 1.807) is 0 Å². The van der Waals surface area contributed by atoms with Gasteiger partial charge in [-0.2, -0.15) is 0 Å². The summed E-state index contributed by atoms with van der Waals surface area (Å²) in [5, 5.41) is 16.9. The van der Waals surface area contributed by atoms with Gasteiger partial charge in [0.1, 0.15) is 0 Å². The van der Waals surface area contributed by atoms with Crippen molar-refractivity contribution in [3.63, 3.8) is 0 Å². The quantitative estimate of drug-likeness (QED) is 0.407. The molecule has 0 bridgehead atoms. The molecule has 0 aliphatic carbocycles. The third kappa shape index (κ3) is 5.86. The van der Waals surface area contributed by atoms with Crippen LogP contribution in [0.1, 0.15) is 19.3 Å². The van der Waals surface area contributed by atoms with Gasteiger partial charge in [-0.05, 0) is 25.8 Å². The van der Waals surface area contributed by atoms with Crippen molar-refractivity contribution >= 4 is 11.9 Å². The molecule has 0 saturated heterocycles. The Balaban J connectivity index is 4.11. The van der Waals surface area contributed by atoms with Crippen molar-refractivity contribution < 1.29 is 19.8 Å². The summed E-state index contributed by atoms with van der Waals surface area (Å²) < 4.78 is 0. The molecule has 0 radical (unpaired) electrons. The van der Waals surface area contributed by atoms with Crippen LogP contribution in [0.15, 0.2) is 11.6 Å². The molecule has 0 aromatic rings. The van der Waals surface area contributed by atoms with E-state index in [1.807, 2.05) is 0 Å². The second-order valence-corrected chi connectivity index (χ2v) is 2.56. The van der Waals surface area contributed by atoms with E-state index in [0.717, 1.165) is 6.08 Å². The van der Waals surface area contributed by atoms with Crippen molar-refractivity contribution in [2.75, 3.05) is 6.54 Å². The van der Waals surface area contributed by atoms with Crippen LogP contribution in [0.3, 0.4) is 0 Å². The molecule has 5 nitrogen and oxygen atoms in total. The number of rotatable bonds is 6. The van der Waals surface area contributed by atoms with Crippen LogP contribution in [0.25, 0.3) is 0 Å². The lowest BCUT2D eigenvalue weighted by molar-refractivity contribution is -0.135. The molecule has 0 atom stereocenters. The number of nitrogens with two attached hydrogens (primary N) is 1. The van der Waals surface area contributed by atoms with Crippen molar-refractivity contribution in [1.82, 2.24) is 0 Å². The SMILES string of the molecule is NCCCC/C(=C\C(=O)O)C(=O)O. The number of carboxylic acid groups (broad SMARTS) is 2. The second kappa shape index (κ2) is 6.19. The van der Waals surface area contributed by atoms with Crippen LogP contribution >= 0.6 is 0 Å². The van der Waals surface area contributed by atoms with Crippen LogP contribution in [0, 0.1) is 0 Å². The lowest BCUT2D eigenvalue weighted by Gasteiger charge is -1.99. The monoisotopic (exact) mass is 187 g/mol. The van der Waals surface area contributed by atoms with Crippen LogP contribution in [0.2, 0.25) is 0 Å². The molecule has 0 saturated carbocycles. The second-order valence-electron chi connectivity index (χ2n) is 2.56. The Labute approximate surface area is 75.9 Å². The maximum atomic E-state index is 10.5. The third-order valence-electron chi connectivity index (χ3n) is 1.47. The van der Waals surface area contributed by atoms with Crippen molar-refractivity contribution in [3.8, 4) is 0 Å². The molecule has 0 heterocycles. The average Bonchev–Trinajstić information content (AvgIpc) is 2.02. The molecular weight excluding hydrogens is 174 g/mol. The molecular formula is C8H13NO4. The summed E-state index contributed by atoms with van der Waals surface area (Å²) in [4.78, 5) is 20.6. The molecule has 0 aromatic heterocycles. The highest BCUT2D eigenvalue weighted by molar-refractivity contribution is 5.94. The van der Waals surface area contributed by atoms with E-state index in [2.05, 4.69) is 0 Å². The predicted molar refractivity (Wildman–Crippen MR) is 46.3 cm³/mol. The molecule has 0 aliphatic heterocycles. The molecule has 13 heavy (non-hydrogen) atoms. The summed E-state index contributed by atoms with van der Waals surface area (Å²) in [5.41, 5.74) is 5.13. The first-order chi connectivity index (χ1) is 6.07.